The fraction of sp³-hybridized carbons (Fsp3) is 0.0588. The topological polar surface area (TPSA) is 65.2 Å². The number of halogens is 2. The minimum absolute atomic E-state index is 0.00983. The van der Waals surface area contributed by atoms with E-state index >= 15 is 0 Å². The summed E-state index contributed by atoms with van der Waals surface area (Å²) in [5, 5.41) is 2.60. The Kier molecular flexibility index (Phi) is 4.52. The maximum atomic E-state index is 14.1. The van der Waals surface area contributed by atoms with Crippen molar-refractivity contribution in [1.29, 1.82) is 0 Å². The molecule has 0 atom stereocenters. The molecule has 0 bridgehead atoms. The predicted molar refractivity (Wildman–Crippen MR) is 86.8 cm³/mol. The van der Waals surface area contributed by atoms with Crippen molar-refractivity contribution in [3.8, 4) is 16.3 Å². The molecule has 0 saturated carbocycles. The van der Waals surface area contributed by atoms with Gasteiger partial charge in [-0.2, -0.15) is 0 Å². The smallest absolute Gasteiger partial charge is 0.254 e. The van der Waals surface area contributed by atoms with Gasteiger partial charge < -0.3 is 10.5 Å². The van der Waals surface area contributed by atoms with Crippen LogP contribution in [0.15, 0.2) is 47.8 Å². The van der Waals surface area contributed by atoms with Crippen LogP contribution >= 0.6 is 11.3 Å². The molecular formula is C17H12F2N2O2S. The van der Waals surface area contributed by atoms with Gasteiger partial charge in [0.05, 0.1) is 5.69 Å². The van der Waals surface area contributed by atoms with Gasteiger partial charge in [-0.05, 0) is 12.1 Å². The zero-order chi connectivity index (χ0) is 17.1. The maximum Gasteiger partial charge on any atom is 0.254 e. The maximum absolute atomic E-state index is 14.1. The number of aromatic nitrogens is 1. The molecule has 2 aromatic carbocycles. The Morgan fingerprint density at radius 2 is 1.92 bits per heavy atom. The highest BCUT2D eigenvalue weighted by Gasteiger charge is 2.19. The van der Waals surface area contributed by atoms with Gasteiger partial charge in [0.15, 0.2) is 11.6 Å². The molecule has 2 N–H and O–H groups in total. The lowest BCUT2D eigenvalue weighted by atomic mass is 10.1. The highest BCUT2D eigenvalue weighted by atomic mass is 32.1. The van der Waals surface area contributed by atoms with E-state index in [4.69, 9.17) is 10.5 Å². The third kappa shape index (κ3) is 3.26. The third-order valence-electron chi connectivity index (χ3n) is 3.25. The summed E-state index contributed by atoms with van der Waals surface area (Å²) < 4.78 is 32.8. The normalized spacial score (nSPS) is 10.6. The molecule has 0 fully saturated rings. The fourth-order valence-corrected chi connectivity index (χ4v) is 2.92. The van der Waals surface area contributed by atoms with Crippen LogP contribution in [0.2, 0.25) is 0 Å². The zero-order valence-corrected chi connectivity index (χ0v) is 13.1. The summed E-state index contributed by atoms with van der Waals surface area (Å²) >= 11 is 1.43. The molecule has 7 heteroatoms. The summed E-state index contributed by atoms with van der Waals surface area (Å²) in [6.07, 6.45) is 0. The Labute approximate surface area is 140 Å². The SMILES string of the molecule is NC(=O)c1c(F)ccc(OCc2csc(-c3ccccc3)n2)c1F. The third-order valence-corrected chi connectivity index (χ3v) is 4.19. The molecule has 0 unspecified atom stereocenters. The minimum atomic E-state index is -1.18. The molecule has 0 spiro atoms. The minimum Gasteiger partial charge on any atom is -0.484 e. The van der Waals surface area contributed by atoms with E-state index in [0.717, 1.165) is 22.7 Å². The van der Waals surface area contributed by atoms with E-state index < -0.39 is 23.1 Å². The van der Waals surface area contributed by atoms with Crippen LogP contribution in [0.25, 0.3) is 10.6 Å². The van der Waals surface area contributed by atoms with Gasteiger partial charge >= 0.3 is 0 Å². The van der Waals surface area contributed by atoms with Crippen molar-refractivity contribution in [2.75, 3.05) is 0 Å². The van der Waals surface area contributed by atoms with Crippen molar-refractivity contribution in [2.24, 2.45) is 5.73 Å². The van der Waals surface area contributed by atoms with Crippen molar-refractivity contribution < 1.29 is 18.3 Å². The van der Waals surface area contributed by atoms with Crippen molar-refractivity contribution in [3.05, 3.63) is 70.7 Å². The number of hydrogen-bond acceptors (Lipinski definition) is 4. The molecule has 0 radical (unpaired) electrons. The van der Waals surface area contributed by atoms with Crippen LogP contribution < -0.4 is 10.5 Å². The van der Waals surface area contributed by atoms with Crippen LogP contribution in [0.1, 0.15) is 16.1 Å². The number of nitrogens with two attached hydrogens (primary N) is 1. The van der Waals surface area contributed by atoms with Gasteiger partial charge in [0.1, 0.15) is 23.0 Å². The summed E-state index contributed by atoms with van der Waals surface area (Å²) in [6, 6.07) is 11.6. The second kappa shape index (κ2) is 6.76. The lowest BCUT2D eigenvalue weighted by Gasteiger charge is -2.08. The molecular weight excluding hydrogens is 334 g/mol. The summed E-state index contributed by atoms with van der Waals surface area (Å²) in [5.41, 5.74) is 5.73. The average molecular weight is 346 g/mol. The Morgan fingerprint density at radius 3 is 2.62 bits per heavy atom. The molecule has 122 valence electrons. The van der Waals surface area contributed by atoms with Gasteiger partial charge in [-0.1, -0.05) is 30.3 Å². The van der Waals surface area contributed by atoms with Gasteiger partial charge in [-0.3, -0.25) is 4.79 Å². The number of carbonyl (C=O) groups excluding carboxylic acids is 1. The number of primary amides is 1. The van der Waals surface area contributed by atoms with Crippen molar-refractivity contribution in [3.63, 3.8) is 0 Å². The van der Waals surface area contributed by atoms with E-state index in [-0.39, 0.29) is 12.4 Å². The molecule has 0 aliphatic heterocycles. The number of benzene rings is 2. The molecule has 1 amide bonds. The molecule has 1 aromatic heterocycles. The second-order valence-corrected chi connectivity index (χ2v) is 5.76. The first kappa shape index (κ1) is 16.1. The number of rotatable bonds is 5. The average Bonchev–Trinajstić information content (AvgIpc) is 3.04. The standard InChI is InChI=1S/C17H12F2N2O2S/c18-12-6-7-13(15(19)14(12)16(20)22)23-8-11-9-24-17(21-11)10-4-2-1-3-5-10/h1-7,9H,8H2,(H2,20,22). The van der Waals surface area contributed by atoms with Crippen molar-refractivity contribution in [1.82, 2.24) is 4.98 Å². The van der Waals surface area contributed by atoms with Crippen LogP contribution in [0.5, 0.6) is 5.75 Å². The largest absolute Gasteiger partial charge is 0.484 e. The molecule has 0 aliphatic rings. The van der Waals surface area contributed by atoms with Gasteiger partial charge in [0.2, 0.25) is 0 Å². The molecule has 0 aliphatic carbocycles. The highest BCUT2D eigenvalue weighted by Crippen LogP contribution is 2.26. The Balaban J connectivity index is 1.76. The lowest BCUT2D eigenvalue weighted by Crippen LogP contribution is -2.16. The number of hydrogen-bond donors (Lipinski definition) is 1. The first-order valence-corrected chi connectivity index (χ1v) is 7.84. The number of carbonyl (C=O) groups is 1. The molecule has 3 aromatic rings. The van der Waals surface area contributed by atoms with E-state index in [1.807, 2.05) is 30.3 Å². The molecule has 3 rings (SSSR count). The number of ether oxygens (including phenoxy) is 1. The first-order chi connectivity index (χ1) is 11.6. The van der Waals surface area contributed by atoms with E-state index in [1.54, 1.807) is 5.38 Å². The predicted octanol–water partition coefficient (Wildman–Crippen LogP) is 3.77. The molecule has 4 nitrogen and oxygen atoms in total. The highest BCUT2D eigenvalue weighted by molar-refractivity contribution is 7.13. The Hall–Kier alpha value is -2.80. The number of thiazole rings is 1. The fourth-order valence-electron chi connectivity index (χ4n) is 2.11. The van der Waals surface area contributed by atoms with Gasteiger partial charge in [0, 0.05) is 10.9 Å². The van der Waals surface area contributed by atoms with Crippen LogP contribution in [-0.2, 0) is 6.61 Å². The van der Waals surface area contributed by atoms with Crippen LogP contribution in [-0.4, -0.2) is 10.9 Å². The monoisotopic (exact) mass is 346 g/mol. The van der Waals surface area contributed by atoms with E-state index in [9.17, 15) is 13.6 Å². The first-order valence-electron chi connectivity index (χ1n) is 6.96. The van der Waals surface area contributed by atoms with Gasteiger partial charge in [-0.15, -0.1) is 11.3 Å². The zero-order valence-electron chi connectivity index (χ0n) is 12.3. The molecule has 1 heterocycles. The lowest BCUT2D eigenvalue weighted by molar-refractivity contribution is 0.0991. The quantitative estimate of drug-likeness (QED) is 0.765. The van der Waals surface area contributed by atoms with Gasteiger partial charge in [0.25, 0.3) is 5.91 Å². The summed E-state index contributed by atoms with van der Waals surface area (Å²) in [5.74, 6) is -3.57. The molecule has 0 saturated heterocycles. The number of nitrogens with zero attached hydrogens (tertiary/aromatic N) is 1. The van der Waals surface area contributed by atoms with E-state index in [2.05, 4.69) is 4.98 Å². The van der Waals surface area contributed by atoms with Gasteiger partial charge in [-0.25, -0.2) is 13.8 Å². The van der Waals surface area contributed by atoms with Crippen LogP contribution in [0, 0.1) is 11.6 Å². The van der Waals surface area contributed by atoms with E-state index in [1.165, 1.54) is 11.3 Å². The number of amides is 1. The molecule has 24 heavy (non-hydrogen) atoms. The second-order valence-electron chi connectivity index (χ2n) is 4.90. The van der Waals surface area contributed by atoms with Crippen molar-refractivity contribution >= 4 is 17.2 Å². The summed E-state index contributed by atoms with van der Waals surface area (Å²) in [6.45, 7) is -0.00983. The van der Waals surface area contributed by atoms with E-state index in [0.29, 0.717) is 5.69 Å². The Morgan fingerprint density at radius 1 is 1.17 bits per heavy atom. The Bertz CT molecular complexity index is 882. The van der Waals surface area contributed by atoms with Crippen LogP contribution in [0.4, 0.5) is 8.78 Å². The van der Waals surface area contributed by atoms with Crippen molar-refractivity contribution in [2.45, 2.75) is 6.61 Å². The summed E-state index contributed by atoms with van der Waals surface area (Å²) in [4.78, 5) is 15.5. The van der Waals surface area contributed by atoms with Crippen LogP contribution in [0.3, 0.4) is 0 Å². The summed E-state index contributed by atoms with van der Waals surface area (Å²) in [7, 11) is 0.